The van der Waals surface area contributed by atoms with Crippen LogP contribution >= 0.6 is 0 Å². The molecule has 0 radical (unpaired) electrons. The predicted molar refractivity (Wildman–Crippen MR) is 95.3 cm³/mol. The van der Waals surface area contributed by atoms with Crippen LogP contribution in [0.4, 0.5) is 0 Å². The lowest BCUT2D eigenvalue weighted by Gasteiger charge is -2.05. The first-order chi connectivity index (χ1) is 11.7. The minimum absolute atomic E-state index is 0.0636. The highest BCUT2D eigenvalue weighted by molar-refractivity contribution is 6.20. The van der Waals surface area contributed by atoms with Crippen LogP contribution in [0.2, 0.25) is 0 Å². The number of H-pyrrole nitrogens is 1. The Morgan fingerprint density at radius 2 is 1.46 bits per heavy atom. The third kappa shape index (κ3) is 2.36. The number of carbonyl (C=O) groups is 1. The Hall–Kier alpha value is -3.33. The molecule has 1 heterocycles. The van der Waals surface area contributed by atoms with E-state index in [1.165, 1.54) is 12.1 Å². The number of phenolic OH excluding ortho intramolecular Hbond substituents is 1. The lowest BCUT2D eigenvalue weighted by molar-refractivity contribution is 0.104. The number of benzene rings is 3. The molecule has 1 aromatic heterocycles. The molecule has 3 nitrogen and oxygen atoms in total. The highest BCUT2D eigenvalue weighted by atomic mass is 16.3. The van der Waals surface area contributed by atoms with E-state index >= 15 is 0 Å². The van der Waals surface area contributed by atoms with Crippen LogP contribution in [0.25, 0.3) is 22.2 Å². The first kappa shape index (κ1) is 14.3. The molecule has 0 saturated heterocycles. The Morgan fingerprint density at radius 3 is 2.21 bits per heavy atom. The number of fused-ring (bicyclic) bond motifs is 1. The van der Waals surface area contributed by atoms with Crippen molar-refractivity contribution in [2.24, 2.45) is 0 Å². The molecule has 0 spiro atoms. The SMILES string of the molecule is O=C(c1ccc(O)cc1)c1c(-c2ccccc2)[nH]c2ccccc12. The van der Waals surface area contributed by atoms with E-state index in [4.69, 9.17) is 0 Å². The Morgan fingerprint density at radius 1 is 0.792 bits per heavy atom. The van der Waals surface area contributed by atoms with Crippen LogP contribution in [0.15, 0.2) is 78.9 Å². The average molecular weight is 313 g/mol. The zero-order chi connectivity index (χ0) is 16.5. The van der Waals surface area contributed by atoms with Crippen LogP contribution in [0.3, 0.4) is 0 Å². The van der Waals surface area contributed by atoms with E-state index in [1.807, 2.05) is 54.6 Å². The summed E-state index contributed by atoms with van der Waals surface area (Å²) in [5.41, 5.74) is 3.92. The Bertz CT molecular complexity index is 1010. The second-order valence-electron chi connectivity index (χ2n) is 5.66. The van der Waals surface area contributed by atoms with Gasteiger partial charge >= 0.3 is 0 Å². The summed E-state index contributed by atoms with van der Waals surface area (Å²) in [5, 5.41) is 10.4. The molecule has 24 heavy (non-hydrogen) atoms. The lowest BCUT2D eigenvalue weighted by Crippen LogP contribution is -2.02. The van der Waals surface area contributed by atoms with Gasteiger partial charge in [0.25, 0.3) is 0 Å². The normalized spacial score (nSPS) is 10.8. The molecule has 0 atom stereocenters. The number of phenols is 1. The van der Waals surface area contributed by atoms with E-state index in [-0.39, 0.29) is 11.5 Å². The van der Waals surface area contributed by atoms with Gasteiger partial charge in [-0.1, -0.05) is 48.5 Å². The zero-order valence-corrected chi connectivity index (χ0v) is 12.9. The fraction of sp³-hybridized carbons (Fsp3) is 0. The van der Waals surface area contributed by atoms with Gasteiger partial charge in [0.2, 0.25) is 0 Å². The van der Waals surface area contributed by atoms with E-state index in [9.17, 15) is 9.90 Å². The number of rotatable bonds is 3. The van der Waals surface area contributed by atoms with Gasteiger partial charge in [-0.05, 0) is 35.9 Å². The molecular weight excluding hydrogens is 298 g/mol. The standard InChI is InChI=1S/C21H15NO2/c23-16-12-10-15(11-13-16)21(24)19-17-8-4-5-9-18(17)22-20(19)14-6-2-1-3-7-14/h1-13,22-23H. The fourth-order valence-corrected chi connectivity index (χ4v) is 2.96. The van der Waals surface area contributed by atoms with Crippen molar-refractivity contribution in [1.29, 1.82) is 0 Å². The molecule has 3 aromatic carbocycles. The topological polar surface area (TPSA) is 53.1 Å². The molecule has 0 bridgehead atoms. The number of ketones is 1. The molecule has 0 aliphatic carbocycles. The van der Waals surface area contributed by atoms with Crippen LogP contribution in [-0.4, -0.2) is 15.9 Å². The van der Waals surface area contributed by atoms with Crippen LogP contribution < -0.4 is 0 Å². The summed E-state index contributed by atoms with van der Waals surface area (Å²) >= 11 is 0. The van der Waals surface area contributed by atoms with Gasteiger partial charge in [0.1, 0.15) is 5.75 Å². The van der Waals surface area contributed by atoms with Gasteiger partial charge in [-0.15, -0.1) is 0 Å². The van der Waals surface area contributed by atoms with Gasteiger partial charge in [0.15, 0.2) is 5.78 Å². The number of hydrogen-bond acceptors (Lipinski definition) is 2. The van der Waals surface area contributed by atoms with Gasteiger partial charge in [-0.2, -0.15) is 0 Å². The number of hydrogen-bond donors (Lipinski definition) is 2. The summed E-state index contributed by atoms with van der Waals surface area (Å²) in [7, 11) is 0. The smallest absolute Gasteiger partial charge is 0.195 e. The number of carbonyl (C=O) groups excluding carboxylic acids is 1. The van der Waals surface area contributed by atoms with Gasteiger partial charge in [0.05, 0.1) is 11.3 Å². The van der Waals surface area contributed by atoms with Crippen LogP contribution in [0.1, 0.15) is 15.9 Å². The largest absolute Gasteiger partial charge is 0.508 e. The Labute approximate surface area is 139 Å². The second kappa shape index (κ2) is 5.70. The summed E-state index contributed by atoms with van der Waals surface area (Å²) < 4.78 is 0. The molecule has 0 aliphatic heterocycles. The van der Waals surface area contributed by atoms with E-state index in [1.54, 1.807) is 12.1 Å². The van der Waals surface area contributed by atoms with Gasteiger partial charge in [-0.25, -0.2) is 0 Å². The van der Waals surface area contributed by atoms with Gasteiger partial charge in [-0.3, -0.25) is 4.79 Å². The maximum atomic E-state index is 13.1. The molecule has 0 aliphatic rings. The summed E-state index contributed by atoms with van der Waals surface area (Å²) in [4.78, 5) is 16.5. The first-order valence-corrected chi connectivity index (χ1v) is 7.74. The van der Waals surface area contributed by atoms with Crippen molar-refractivity contribution >= 4 is 16.7 Å². The summed E-state index contributed by atoms with van der Waals surface area (Å²) in [6.07, 6.45) is 0. The molecule has 3 heteroatoms. The quantitative estimate of drug-likeness (QED) is 0.535. The summed E-state index contributed by atoms with van der Waals surface area (Å²) in [6, 6.07) is 24.0. The van der Waals surface area contributed by atoms with Crippen molar-refractivity contribution in [2.75, 3.05) is 0 Å². The molecule has 4 rings (SSSR count). The van der Waals surface area contributed by atoms with Crippen LogP contribution in [0.5, 0.6) is 5.75 Å². The third-order valence-corrected chi connectivity index (χ3v) is 4.13. The number of para-hydroxylation sites is 1. The zero-order valence-electron chi connectivity index (χ0n) is 12.9. The molecule has 2 N–H and O–H groups in total. The fourth-order valence-electron chi connectivity index (χ4n) is 2.96. The van der Waals surface area contributed by atoms with E-state index in [2.05, 4.69) is 4.98 Å². The van der Waals surface area contributed by atoms with Crippen LogP contribution in [-0.2, 0) is 0 Å². The van der Waals surface area contributed by atoms with Crippen molar-refractivity contribution in [3.05, 3.63) is 90.0 Å². The van der Waals surface area contributed by atoms with Gasteiger partial charge < -0.3 is 10.1 Å². The molecule has 0 unspecified atom stereocenters. The third-order valence-electron chi connectivity index (χ3n) is 4.13. The Kier molecular flexibility index (Phi) is 3.39. The van der Waals surface area contributed by atoms with Crippen molar-refractivity contribution in [1.82, 2.24) is 4.98 Å². The maximum absolute atomic E-state index is 13.1. The molecule has 116 valence electrons. The highest BCUT2D eigenvalue weighted by Crippen LogP contribution is 2.32. The van der Waals surface area contributed by atoms with E-state index < -0.39 is 0 Å². The predicted octanol–water partition coefficient (Wildman–Crippen LogP) is 4.77. The van der Waals surface area contributed by atoms with Crippen molar-refractivity contribution < 1.29 is 9.90 Å². The number of nitrogens with one attached hydrogen (secondary N) is 1. The lowest BCUT2D eigenvalue weighted by atomic mass is 9.97. The van der Waals surface area contributed by atoms with Crippen molar-refractivity contribution in [2.45, 2.75) is 0 Å². The molecule has 4 aromatic rings. The molecule has 0 fully saturated rings. The molecule has 0 saturated carbocycles. The molecular formula is C21H15NO2. The summed E-state index contributed by atoms with van der Waals surface area (Å²) in [6.45, 7) is 0. The van der Waals surface area contributed by atoms with Crippen molar-refractivity contribution in [3.8, 4) is 17.0 Å². The monoisotopic (exact) mass is 313 g/mol. The number of aromatic amines is 1. The molecule has 0 amide bonds. The second-order valence-corrected chi connectivity index (χ2v) is 5.66. The maximum Gasteiger partial charge on any atom is 0.195 e. The highest BCUT2D eigenvalue weighted by Gasteiger charge is 2.20. The van der Waals surface area contributed by atoms with E-state index in [0.717, 1.165) is 22.2 Å². The number of aromatic hydroxyl groups is 1. The van der Waals surface area contributed by atoms with Crippen LogP contribution in [0, 0.1) is 0 Å². The average Bonchev–Trinajstić information content (AvgIpc) is 3.02. The minimum Gasteiger partial charge on any atom is -0.508 e. The van der Waals surface area contributed by atoms with Crippen molar-refractivity contribution in [3.63, 3.8) is 0 Å². The van der Waals surface area contributed by atoms with E-state index in [0.29, 0.717) is 11.1 Å². The number of aromatic nitrogens is 1. The minimum atomic E-state index is -0.0636. The van der Waals surface area contributed by atoms with Gasteiger partial charge in [0, 0.05) is 16.5 Å². The first-order valence-electron chi connectivity index (χ1n) is 7.74. The summed E-state index contributed by atoms with van der Waals surface area (Å²) in [5.74, 6) is 0.0834. The Balaban J connectivity index is 1.96.